The van der Waals surface area contributed by atoms with E-state index < -0.39 is 12.0 Å². The Morgan fingerprint density at radius 2 is 1.76 bits per heavy atom. The number of nitrogens with zero attached hydrogens (tertiary/aromatic N) is 2. The zero-order chi connectivity index (χ0) is 28.9. The van der Waals surface area contributed by atoms with Crippen molar-refractivity contribution < 1.29 is 19.0 Å². The van der Waals surface area contributed by atoms with E-state index >= 15 is 0 Å². The Balaban J connectivity index is 1.55. The molecule has 7 nitrogen and oxygen atoms in total. The molecule has 0 bridgehead atoms. The Kier molecular flexibility index (Phi) is 8.50. The summed E-state index contributed by atoms with van der Waals surface area (Å²) in [5.74, 6) is 0.930. The molecule has 4 aromatic rings. The monoisotopic (exact) mass is 568 g/mol. The lowest BCUT2D eigenvalue weighted by molar-refractivity contribution is -0.143. The van der Waals surface area contributed by atoms with E-state index in [1.54, 1.807) is 25.3 Å². The molecule has 2 heterocycles. The molecule has 1 atom stereocenters. The Morgan fingerprint density at radius 1 is 1.00 bits per heavy atom. The smallest absolute Gasteiger partial charge is 0.338 e. The van der Waals surface area contributed by atoms with Crippen LogP contribution < -0.4 is 24.4 Å². The summed E-state index contributed by atoms with van der Waals surface area (Å²) in [6.45, 7) is 8.28. The first-order chi connectivity index (χ1) is 19.8. The Bertz CT molecular complexity index is 1750. The minimum atomic E-state index is -0.684. The Labute approximate surface area is 242 Å². The summed E-state index contributed by atoms with van der Waals surface area (Å²) in [5.41, 5.74) is 3.31. The molecule has 1 aliphatic rings. The van der Waals surface area contributed by atoms with E-state index in [4.69, 9.17) is 14.2 Å². The fraction of sp³-hybridized carbons (Fsp3) is 0.242. The first-order valence-electron chi connectivity index (χ1n) is 13.6. The highest BCUT2D eigenvalue weighted by atomic mass is 32.1. The van der Waals surface area contributed by atoms with Crippen LogP contribution >= 0.6 is 11.3 Å². The summed E-state index contributed by atoms with van der Waals surface area (Å²) < 4.78 is 19.3. The van der Waals surface area contributed by atoms with Crippen LogP contribution in [0.2, 0.25) is 0 Å². The highest BCUT2D eigenvalue weighted by molar-refractivity contribution is 7.07. The van der Waals surface area contributed by atoms with Crippen LogP contribution in [0.3, 0.4) is 0 Å². The van der Waals surface area contributed by atoms with Crippen LogP contribution in [0.4, 0.5) is 0 Å². The number of ether oxygens (including phenoxy) is 3. The molecule has 5 rings (SSSR count). The molecule has 0 fully saturated rings. The molecule has 210 valence electrons. The van der Waals surface area contributed by atoms with Crippen molar-refractivity contribution in [3.8, 4) is 11.5 Å². The number of esters is 1. The number of thiazole rings is 1. The van der Waals surface area contributed by atoms with Crippen molar-refractivity contribution in [1.29, 1.82) is 0 Å². The van der Waals surface area contributed by atoms with Crippen molar-refractivity contribution in [3.05, 3.63) is 127 Å². The van der Waals surface area contributed by atoms with Gasteiger partial charge in [-0.1, -0.05) is 65.9 Å². The van der Waals surface area contributed by atoms with Gasteiger partial charge in [0.25, 0.3) is 5.56 Å². The van der Waals surface area contributed by atoms with Crippen LogP contribution in [0.5, 0.6) is 11.5 Å². The third-order valence-electron chi connectivity index (χ3n) is 6.50. The van der Waals surface area contributed by atoms with Gasteiger partial charge in [0.1, 0.15) is 18.1 Å². The van der Waals surface area contributed by atoms with E-state index in [1.807, 2.05) is 91.9 Å². The number of aromatic nitrogens is 1. The number of carbonyl (C=O) groups excluding carboxylic acids is 1. The van der Waals surface area contributed by atoms with Gasteiger partial charge in [0.15, 0.2) is 4.80 Å². The molecule has 0 spiro atoms. The number of hydrogen-bond acceptors (Lipinski definition) is 7. The fourth-order valence-electron chi connectivity index (χ4n) is 4.68. The van der Waals surface area contributed by atoms with Crippen molar-refractivity contribution in [1.82, 2.24) is 4.57 Å². The summed E-state index contributed by atoms with van der Waals surface area (Å²) in [5, 5.41) is 0. The molecule has 0 amide bonds. The van der Waals surface area contributed by atoms with Crippen LogP contribution in [-0.4, -0.2) is 23.2 Å². The molecule has 3 aromatic carbocycles. The van der Waals surface area contributed by atoms with Crippen molar-refractivity contribution in [3.63, 3.8) is 0 Å². The Hall–Kier alpha value is -4.43. The lowest BCUT2D eigenvalue weighted by Crippen LogP contribution is -2.40. The maximum Gasteiger partial charge on any atom is 0.338 e. The number of rotatable bonds is 9. The van der Waals surface area contributed by atoms with E-state index in [2.05, 4.69) is 4.99 Å². The molecule has 1 aromatic heterocycles. The van der Waals surface area contributed by atoms with Crippen LogP contribution in [0.1, 0.15) is 50.4 Å². The van der Waals surface area contributed by atoms with Crippen molar-refractivity contribution in [2.45, 2.75) is 46.4 Å². The van der Waals surface area contributed by atoms with Crippen LogP contribution in [0.25, 0.3) is 6.08 Å². The number of carbonyl (C=O) groups is 1. The molecule has 1 aliphatic heterocycles. The zero-order valence-electron chi connectivity index (χ0n) is 23.5. The summed E-state index contributed by atoms with van der Waals surface area (Å²) in [6, 6.07) is 24.3. The van der Waals surface area contributed by atoms with E-state index in [0.717, 1.165) is 16.7 Å². The van der Waals surface area contributed by atoms with Gasteiger partial charge < -0.3 is 14.2 Å². The first-order valence-corrected chi connectivity index (χ1v) is 14.4. The second-order valence-corrected chi connectivity index (χ2v) is 10.9. The van der Waals surface area contributed by atoms with Crippen LogP contribution in [0.15, 0.2) is 99.9 Å². The van der Waals surface area contributed by atoms with E-state index in [9.17, 15) is 9.59 Å². The van der Waals surface area contributed by atoms with Crippen molar-refractivity contribution >= 4 is 23.4 Å². The molecule has 0 saturated carbocycles. The van der Waals surface area contributed by atoms with Gasteiger partial charge in [-0.2, -0.15) is 0 Å². The molecule has 0 N–H and O–H groups in total. The summed E-state index contributed by atoms with van der Waals surface area (Å²) in [7, 11) is 0. The lowest BCUT2D eigenvalue weighted by Gasteiger charge is -2.25. The van der Waals surface area contributed by atoms with Gasteiger partial charge in [-0.3, -0.25) is 9.36 Å². The molecule has 0 saturated heterocycles. The lowest BCUT2D eigenvalue weighted by atomic mass is 9.96. The van der Waals surface area contributed by atoms with E-state index in [-0.39, 0.29) is 11.7 Å². The summed E-state index contributed by atoms with van der Waals surface area (Å²) >= 11 is 1.29. The molecular formula is C33H32N2O5S. The third kappa shape index (κ3) is 6.33. The van der Waals surface area contributed by atoms with Gasteiger partial charge in [0.05, 0.1) is 34.6 Å². The average molecular weight is 569 g/mol. The van der Waals surface area contributed by atoms with E-state index in [1.165, 1.54) is 11.3 Å². The van der Waals surface area contributed by atoms with Crippen molar-refractivity contribution in [2.24, 2.45) is 4.99 Å². The van der Waals surface area contributed by atoms with Gasteiger partial charge >= 0.3 is 5.97 Å². The topological polar surface area (TPSA) is 79.1 Å². The minimum absolute atomic E-state index is 0.231. The van der Waals surface area contributed by atoms with E-state index in [0.29, 0.717) is 45.3 Å². The highest BCUT2D eigenvalue weighted by Gasteiger charge is 2.33. The predicted octanol–water partition coefficient (Wildman–Crippen LogP) is 5.16. The molecule has 0 radical (unpaired) electrons. The standard InChI is InChI=1S/C33H32N2O5S/c1-5-38-26-16-14-25(15-17-26)30-29(32(37)40-21(2)3)22(4)34-33-35(30)31(36)28(41-33)19-24-12-9-13-27(18-24)39-20-23-10-7-6-8-11-23/h6-19,21,30H,5,20H2,1-4H3/b28-19+/t30-/m0/s1. The normalized spacial score (nSPS) is 15.0. The minimum Gasteiger partial charge on any atom is -0.494 e. The van der Waals surface area contributed by atoms with Gasteiger partial charge in [0.2, 0.25) is 0 Å². The van der Waals surface area contributed by atoms with Crippen molar-refractivity contribution in [2.75, 3.05) is 6.61 Å². The SMILES string of the molecule is CCOc1ccc([C@H]2C(C(=O)OC(C)C)=C(C)N=c3s/c(=C/c4cccc(OCc5ccccc5)c4)c(=O)n32)cc1. The highest BCUT2D eigenvalue weighted by Crippen LogP contribution is 2.32. The number of hydrogen-bond donors (Lipinski definition) is 0. The number of fused-ring (bicyclic) bond motifs is 1. The van der Waals surface area contributed by atoms with Crippen LogP contribution in [0, 0.1) is 0 Å². The number of allylic oxidation sites excluding steroid dienone is 1. The molecule has 0 unspecified atom stereocenters. The summed E-state index contributed by atoms with van der Waals surface area (Å²) in [4.78, 5) is 32.4. The molecule has 41 heavy (non-hydrogen) atoms. The fourth-order valence-corrected chi connectivity index (χ4v) is 5.72. The number of benzene rings is 3. The zero-order valence-corrected chi connectivity index (χ0v) is 24.3. The molecule has 8 heteroatoms. The quantitative estimate of drug-likeness (QED) is 0.261. The largest absolute Gasteiger partial charge is 0.494 e. The summed E-state index contributed by atoms with van der Waals surface area (Å²) in [6.07, 6.45) is 1.52. The molecular weight excluding hydrogens is 536 g/mol. The van der Waals surface area contributed by atoms with Gasteiger partial charge in [-0.05, 0) is 74.7 Å². The van der Waals surface area contributed by atoms with Gasteiger partial charge in [-0.15, -0.1) is 0 Å². The van der Waals surface area contributed by atoms with Gasteiger partial charge in [0, 0.05) is 0 Å². The van der Waals surface area contributed by atoms with Crippen LogP contribution in [-0.2, 0) is 16.1 Å². The first kappa shape index (κ1) is 28.1. The second-order valence-electron chi connectivity index (χ2n) is 9.88. The maximum atomic E-state index is 13.9. The maximum absolute atomic E-state index is 13.9. The molecule has 0 aliphatic carbocycles. The average Bonchev–Trinajstić information content (AvgIpc) is 3.26. The predicted molar refractivity (Wildman–Crippen MR) is 160 cm³/mol. The third-order valence-corrected chi connectivity index (χ3v) is 7.48. The second kappa shape index (κ2) is 12.4. The van der Waals surface area contributed by atoms with Gasteiger partial charge in [-0.25, -0.2) is 9.79 Å². The Morgan fingerprint density at radius 3 is 2.46 bits per heavy atom.